The Morgan fingerprint density at radius 1 is 1.25 bits per heavy atom. The summed E-state index contributed by atoms with van der Waals surface area (Å²) >= 11 is 12.8. The molecule has 170 valence electrons. The standard InChI is InChI=1S/C23H27Cl2N5O2/c1-13-18(16-4-3-5-17(24)19(16)25)21-28-15(11-31)10-30(21)22(27-13)29-8-6-23(7-9-29)12-32-14(2)20(23)26/h3-5,10,14,20,31H,6-9,11-12,26H2,1-2H3/t14-,20+/m0/s1. The van der Waals surface area contributed by atoms with Gasteiger partial charge >= 0.3 is 0 Å². The predicted octanol–water partition coefficient (Wildman–Crippen LogP) is 3.84. The maximum Gasteiger partial charge on any atom is 0.211 e. The maximum atomic E-state index is 9.78. The van der Waals surface area contributed by atoms with E-state index in [2.05, 4.69) is 11.8 Å². The number of halogens is 2. The molecule has 1 spiro atoms. The van der Waals surface area contributed by atoms with E-state index in [4.69, 9.17) is 43.6 Å². The minimum Gasteiger partial charge on any atom is -0.390 e. The number of rotatable bonds is 3. The van der Waals surface area contributed by atoms with Gasteiger partial charge in [-0.3, -0.25) is 4.40 Å². The van der Waals surface area contributed by atoms with Crippen LogP contribution in [0.3, 0.4) is 0 Å². The minimum absolute atomic E-state index is 0.0313. The van der Waals surface area contributed by atoms with Crippen molar-refractivity contribution in [1.82, 2.24) is 14.4 Å². The molecule has 0 amide bonds. The van der Waals surface area contributed by atoms with Gasteiger partial charge in [-0.15, -0.1) is 0 Å². The van der Waals surface area contributed by atoms with Crippen molar-refractivity contribution >= 4 is 34.8 Å². The lowest BCUT2D eigenvalue weighted by atomic mass is 9.73. The van der Waals surface area contributed by atoms with Crippen molar-refractivity contribution in [2.24, 2.45) is 11.1 Å². The van der Waals surface area contributed by atoms with Crippen LogP contribution in [0.2, 0.25) is 10.0 Å². The van der Waals surface area contributed by atoms with Crippen LogP contribution < -0.4 is 10.6 Å². The Morgan fingerprint density at radius 2 is 2.00 bits per heavy atom. The van der Waals surface area contributed by atoms with E-state index in [1.807, 2.05) is 29.7 Å². The number of hydrogen-bond acceptors (Lipinski definition) is 6. The lowest BCUT2D eigenvalue weighted by Crippen LogP contribution is -2.51. The van der Waals surface area contributed by atoms with Crippen molar-refractivity contribution in [3.63, 3.8) is 0 Å². The van der Waals surface area contributed by atoms with Crippen molar-refractivity contribution < 1.29 is 9.84 Å². The third-order valence-electron chi connectivity index (χ3n) is 7.10. The molecular formula is C23H27Cl2N5O2. The first-order valence-corrected chi connectivity index (χ1v) is 11.7. The summed E-state index contributed by atoms with van der Waals surface area (Å²) < 4.78 is 7.82. The van der Waals surface area contributed by atoms with Gasteiger partial charge in [-0.25, -0.2) is 9.97 Å². The third kappa shape index (κ3) is 3.38. The summed E-state index contributed by atoms with van der Waals surface area (Å²) in [6, 6.07) is 5.59. The van der Waals surface area contributed by atoms with E-state index in [-0.39, 0.29) is 24.2 Å². The summed E-state index contributed by atoms with van der Waals surface area (Å²) in [4.78, 5) is 11.9. The molecule has 7 nitrogen and oxygen atoms in total. The molecule has 32 heavy (non-hydrogen) atoms. The van der Waals surface area contributed by atoms with E-state index in [1.165, 1.54) is 0 Å². The second-order valence-electron chi connectivity index (χ2n) is 8.95. The van der Waals surface area contributed by atoms with E-state index < -0.39 is 0 Å². The van der Waals surface area contributed by atoms with Crippen LogP contribution in [0.15, 0.2) is 24.4 Å². The third-order valence-corrected chi connectivity index (χ3v) is 7.91. The molecule has 2 aromatic heterocycles. The second-order valence-corrected chi connectivity index (χ2v) is 9.73. The molecule has 4 heterocycles. The van der Waals surface area contributed by atoms with Crippen LogP contribution in [0.25, 0.3) is 16.8 Å². The van der Waals surface area contributed by atoms with Crippen molar-refractivity contribution in [2.75, 3.05) is 24.6 Å². The summed E-state index contributed by atoms with van der Waals surface area (Å²) in [6.45, 7) is 6.23. The summed E-state index contributed by atoms with van der Waals surface area (Å²) in [7, 11) is 0. The lowest BCUT2D eigenvalue weighted by Gasteiger charge is -2.41. The van der Waals surface area contributed by atoms with Crippen molar-refractivity contribution in [2.45, 2.75) is 45.4 Å². The van der Waals surface area contributed by atoms with Crippen LogP contribution in [0, 0.1) is 12.3 Å². The fourth-order valence-electron chi connectivity index (χ4n) is 5.12. The number of anilines is 1. The SMILES string of the molecule is Cc1nc(N2CCC3(CC2)CO[C@@H](C)[C@H]3N)n2cc(CO)nc2c1-c1cccc(Cl)c1Cl. The van der Waals surface area contributed by atoms with E-state index in [1.54, 1.807) is 6.07 Å². The van der Waals surface area contributed by atoms with Gasteiger partial charge in [-0.2, -0.15) is 0 Å². The molecule has 0 aliphatic carbocycles. The van der Waals surface area contributed by atoms with Crippen LogP contribution in [0.5, 0.6) is 0 Å². The van der Waals surface area contributed by atoms with E-state index >= 15 is 0 Å². The van der Waals surface area contributed by atoms with E-state index in [0.717, 1.165) is 55.3 Å². The molecule has 5 rings (SSSR count). The molecule has 0 saturated carbocycles. The number of piperidine rings is 1. The number of benzene rings is 1. The second kappa shape index (κ2) is 8.15. The molecule has 2 fully saturated rings. The molecule has 0 unspecified atom stereocenters. The molecular weight excluding hydrogens is 449 g/mol. The summed E-state index contributed by atoms with van der Waals surface area (Å²) in [5, 5.41) is 10.7. The average Bonchev–Trinajstić information content (AvgIpc) is 3.34. The first-order chi connectivity index (χ1) is 15.3. The number of ether oxygens (including phenoxy) is 1. The largest absolute Gasteiger partial charge is 0.390 e. The molecule has 2 aliphatic rings. The highest BCUT2D eigenvalue weighted by molar-refractivity contribution is 6.43. The zero-order chi connectivity index (χ0) is 22.6. The number of aliphatic hydroxyl groups is 1. The van der Waals surface area contributed by atoms with Crippen molar-refractivity contribution in [3.8, 4) is 11.1 Å². The summed E-state index contributed by atoms with van der Waals surface area (Å²) in [5.41, 5.74) is 10.2. The van der Waals surface area contributed by atoms with Gasteiger partial charge in [0, 0.05) is 41.9 Å². The number of aryl methyl sites for hydroxylation is 1. The minimum atomic E-state index is -0.157. The summed E-state index contributed by atoms with van der Waals surface area (Å²) in [5.74, 6) is 0.807. The molecule has 0 bridgehead atoms. The number of aliphatic hydroxyl groups excluding tert-OH is 1. The Kier molecular flexibility index (Phi) is 5.58. The lowest BCUT2D eigenvalue weighted by molar-refractivity contribution is 0.0973. The summed E-state index contributed by atoms with van der Waals surface area (Å²) in [6.07, 6.45) is 3.83. The normalized spacial score (nSPS) is 22.9. The van der Waals surface area contributed by atoms with Crippen LogP contribution >= 0.6 is 23.2 Å². The first-order valence-electron chi connectivity index (χ1n) is 10.9. The van der Waals surface area contributed by atoms with Gasteiger partial charge in [-0.1, -0.05) is 35.3 Å². The Balaban J connectivity index is 1.57. The van der Waals surface area contributed by atoms with E-state index in [9.17, 15) is 5.11 Å². The highest BCUT2D eigenvalue weighted by Crippen LogP contribution is 2.43. The molecule has 3 aromatic rings. The Bertz CT molecular complexity index is 1170. The quantitative estimate of drug-likeness (QED) is 0.598. The molecule has 1 aromatic carbocycles. The monoisotopic (exact) mass is 475 g/mol. The van der Waals surface area contributed by atoms with Crippen LogP contribution in [-0.4, -0.2) is 51.3 Å². The van der Waals surface area contributed by atoms with Gasteiger partial charge in [0.15, 0.2) is 0 Å². The molecule has 3 N–H and O–H groups in total. The van der Waals surface area contributed by atoms with Gasteiger partial charge in [0.2, 0.25) is 5.95 Å². The highest BCUT2D eigenvalue weighted by Gasteiger charge is 2.47. The van der Waals surface area contributed by atoms with Gasteiger partial charge in [0.25, 0.3) is 0 Å². The van der Waals surface area contributed by atoms with Gasteiger partial charge in [0.05, 0.1) is 40.8 Å². The van der Waals surface area contributed by atoms with Crippen LogP contribution in [-0.2, 0) is 11.3 Å². The molecule has 2 aliphatic heterocycles. The number of nitrogens with zero attached hydrogens (tertiary/aromatic N) is 4. The average molecular weight is 476 g/mol. The Hall–Kier alpha value is -1.90. The highest BCUT2D eigenvalue weighted by atomic mass is 35.5. The van der Waals surface area contributed by atoms with Gasteiger partial charge in [-0.05, 0) is 32.8 Å². The zero-order valence-corrected chi connectivity index (χ0v) is 19.7. The molecule has 9 heteroatoms. The number of aromatic nitrogens is 3. The Morgan fingerprint density at radius 3 is 2.66 bits per heavy atom. The molecule has 0 radical (unpaired) electrons. The topological polar surface area (TPSA) is 88.9 Å². The Labute approximate surface area is 197 Å². The van der Waals surface area contributed by atoms with Crippen LogP contribution in [0.4, 0.5) is 5.95 Å². The maximum absolute atomic E-state index is 9.78. The zero-order valence-electron chi connectivity index (χ0n) is 18.2. The number of hydrogen-bond donors (Lipinski definition) is 2. The van der Waals surface area contributed by atoms with E-state index in [0.29, 0.717) is 21.4 Å². The smallest absolute Gasteiger partial charge is 0.211 e. The fraction of sp³-hybridized carbons (Fsp3) is 0.478. The van der Waals surface area contributed by atoms with Crippen LogP contribution in [0.1, 0.15) is 31.2 Å². The van der Waals surface area contributed by atoms with Crippen molar-refractivity contribution in [3.05, 3.63) is 45.8 Å². The fourth-order valence-corrected chi connectivity index (χ4v) is 5.51. The van der Waals surface area contributed by atoms with Gasteiger partial charge in [0.1, 0.15) is 5.65 Å². The molecule has 2 saturated heterocycles. The first kappa shape index (κ1) is 21.9. The number of fused-ring (bicyclic) bond motifs is 1. The van der Waals surface area contributed by atoms with Crippen molar-refractivity contribution in [1.29, 1.82) is 0 Å². The number of imidazole rings is 1. The predicted molar refractivity (Wildman–Crippen MR) is 126 cm³/mol. The molecule has 2 atom stereocenters. The number of nitrogens with two attached hydrogens (primary N) is 1. The van der Waals surface area contributed by atoms with Gasteiger partial charge < -0.3 is 20.5 Å².